The summed E-state index contributed by atoms with van der Waals surface area (Å²) >= 11 is 3.14. The van der Waals surface area contributed by atoms with Crippen LogP contribution in [0.1, 0.15) is 16.2 Å². The molecule has 0 saturated heterocycles. The summed E-state index contributed by atoms with van der Waals surface area (Å²) in [5, 5.41) is 19.8. The minimum absolute atomic E-state index is 0.139. The molecule has 0 aliphatic rings. The second-order valence-corrected chi connectivity index (χ2v) is 4.81. The van der Waals surface area contributed by atoms with Gasteiger partial charge in [0.1, 0.15) is 12.2 Å². The van der Waals surface area contributed by atoms with Gasteiger partial charge in [0.25, 0.3) is 11.6 Å². The molecule has 9 heteroatoms. The number of hydrogen-bond acceptors (Lipinski definition) is 5. The molecule has 2 aromatic rings. The Hall–Kier alpha value is -2.29. The molecule has 1 aromatic carbocycles. The van der Waals surface area contributed by atoms with Gasteiger partial charge in [0, 0.05) is 35.1 Å². The first-order valence-electron chi connectivity index (χ1n) is 5.63. The number of rotatable bonds is 5. The van der Waals surface area contributed by atoms with E-state index in [2.05, 4.69) is 36.4 Å². The van der Waals surface area contributed by atoms with Crippen LogP contribution in [0.5, 0.6) is 0 Å². The van der Waals surface area contributed by atoms with Crippen LogP contribution in [0.25, 0.3) is 0 Å². The number of carbonyl (C=O) groups excluding carboxylic acids is 1. The Bertz CT molecular complexity index is 629. The Morgan fingerprint density at radius 1 is 1.45 bits per heavy atom. The number of nitrogens with zero attached hydrogens (tertiary/aromatic N) is 3. The lowest BCUT2D eigenvalue weighted by atomic mass is 10.2. The fourth-order valence-electron chi connectivity index (χ4n) is 1.56. The topological polar surface area (TPSA) is 114 Å². The fourth-order valence-corrected chi connectivity index (χ4v) is 2.04. The quantitative estimate of drug-likeness (QED) is 0.632. The highest BCUT2D eigenvalue weighted by Gasteiger charge is 2.13. The van der Waals surface area contributed by atoms with Crippen molar-refractivity contribution in [2.75, 3.05) is 6.54 Å². The van der Waals surface area contributed by atoms with Crippen molar-refractivity contribution in [2.24, 2.45) is 0 Å². The van der Waals surface area contributed by atoms with E-state index in [4.69, 9.17) is 0 Å². The van der Waals surface area contributed by atoms with Gasteiger partial charge < -0.3 is 5.32 Å². The lowest BCUT2D eigenvalue weighted by Gasteiger charge is -2.04. The highest BCUT2D eigenvalue weighted by Crippen LogP contribution is 2.21. The summed E-state index contributed by atoms with van der Waals surface area (Å²) in [7, 11) is 0. The molecule has 0 aliphatic carbocycles. The molecule has 2 rings (SSSR count). The van der Waals surface area contributed by atoms with Gasteiger partial charge in [0.05, 0.1) is 4.92 Å². The fraction of sp³-hybridized carbons (Fsp3) is 0.182. The normalized spacial score (nSPS) is 10.2. The molecule has 0 saturated carbocycles. The second-order valence-electron chi connectivity index (χ2n) is 3.89. The first-order chi connectivity index (χ1) is 9.56. The highest BCUT2D eigenvalue weighted by atomic mass is 79.9. The van der Waals surface area contributed by atoms with Crippen molar-refractivity contribution in [3.63, 3.8) is 0 Å². The van der Waals surface area contributed by atoms with Crippen molar-refractivity contribution in [1.82, 2.24) is 20.5 Å². The first-order valence-corrected chi connectivity index (χ1v) is 6.43. The molecule has 0 atom stereocenters. The number of non-ortho nitro benzene ring substituents is 1. The maximum absolute atomic E-state index is 11.9. The van der Waals surface area contributed by atoms with Crippen molar-refractivity contribution >= 4 is 27.5 Å². The number of aromatic nitrogens is 3. The lowest BCUT2D eigenvalue weighted by Crippen LogP contribution is -2.26. The summed E-state index contributed by atoms with van der Waals surface area (Å²) in [5.74, 6) is 0.277. The summed E-state index contributed by atoms with van der Waals surface area (Å²) in [6.45, 7) is 0.355. The van der Waals surface area contributed by atoms with Gasteiger partial charge in [0.15, 0.2) is 0 Å². The van der Waals surface area contributed by atoms with Crippen LogP contribution < -0.4 is 5.32 Å². The van der Waals surface area contributed by atoms with Crippen molar-refractivity contribution in [1.29, 1.82) is 0 Å². The zero-order valence-electron chi connectivity index (χ0n) is 10.2. The molecule has 1 amide bonds. The molecule has 104 valence electrons. The highest BCUT2D eigenvalue weighted by molar-refractivity contribution is 9.10. The third kappa shape index (κ3) is 3.60. The standard InChI is InChI=1S/C11H10BrN5O3/c12-8-3-7(4-9(5-8)17(19)20)11(18)13-2-1-10-14-6-15-16-10/h3-6H,1-2H2,(H,13,18)(H,14,15,16). The molecule has 0 radical (unpaired) electrons. The predicted molar refractivity (Wildman–Crippen MR) is 73.2 cm³/mol. The minimum atomic E-state index is -0.546. The average Bonchev–Trinajstić information content (AvgIpc) is 2.91. The SMILES string of the molecule is O=C(NCCc1ncn[nH]1)c1cc(Br)cc([N+](=O)[O-])c1. The van der Waals surface area contributed by atoms with Gasteiger partial charge in [-0.25, -0.2) is 4.98 Å². The van der Waals surface area contributed by atoms with Gasteiger partial charge in [-0.05, 0) is 6.07 Å². The van der Waals surface area contributed by atoms with E-state index in [0.29, 0.717) is 23.3 Å². The number of H-pyrrole nitrogens is 1. The van der Waals surface area contributed by atoms with E-state index in [-0.39, 0.29) is 17.2 Å². The summed E-state index contributed by atoms with van der Waals surface area (Å²) in [6, 6.07) is 4.09. The number of benzene rings is 1. The molecule has 20 heavy (non-hydrogen) atoms. The van der Waals surface area contributed by atoms with Crippen LogP contribution in [0.4, 0.5) is 5.69 Å². The smallest absolute Gasteiger partial charge is 0.271 e. The maximum atomic E-state index is 11.9. The largest absolute Gasteiger partial charge is 0.352 e. The molecule has 0 spiro atoms. The lowest BCUT2D eigenvalue weighted by molar-refractivity contribution is -0.385. The Balaban J connectivity index is 2.00. The number of nitro benzene ring substituents is 1. The van der Waals surface area contributed by atoms with Crippen molar-refractivity contribution in [3.8, 4) is 0 Å². The van der Waals surface area contributed by atoms with E-state index in [1.165, 1.54) is 24.5 Å². The summed E-state index contributed by atoms with van der Waals surface area (Å²) in [6.07, 6.45) is 1.89. The van der Waals surface area contributed by atoms with Crippen LogP contribution in [-0.4, -0.2) is 32.6 Å². The van der Waals surface area contributed by atoms with Crippen LogP contribution in [-0.2, 0) is 6.42 Å². The summed E-state index contributed by atoms with van der Waals surface area (Å²) < 4.78 is 0.479. The molecule has 8 nitrogen and oxygen atoms in total. The maximum Gasteiger partial charge on any atom is 0.271 e. The first kappa shape index (κ1) is 14.1. The van der Waals surface area contributed by atoms with E-state index in [1.54, 1.807) is 0 Å². The van der Waals surface area contributed by atoms with Crippen LogP contribution in [0.3, 0.4) is 0 Å². The van der Waals surface area contributed by atoms with Crippen molar-refractivity contribution in [2.45, 2.75) is 6.42 Å². The van der Waals surface area contributed by atoms with Crippen LogP contribution in [0.15, 0.2) is 29.0 Å². The van der Waals surface area contributed by atoms with E-state index in [9.17, 15) is 14.9 Å². The number of hydrogen-bond donors (Lipinski definition) is 2. The third-order valence-electron chi connectivity index (χ3n) is 2.47. The van der Waals surface area contributed by atoms with Crippen molar-refractivity contribution < 1.29 is 9.72 Å². The minimum Gasteiger partial charge on any atom is -0.352 e. The number of aromatic amines is 1. The zero-order valence-corrected chi connectivity index (χ0v) is 11.8. The van der Waals surface area contributed by atoms with Gasteiger partial charge in [-0.15, -0.1) is 0 Å². The summed E-state index contributed by atoms with van der Waals surface area (Å²) in [5.41, 5.74) is 0.0865. The Labute approximate surface area is 121 Å². The molecule has 1 heterocycles. The molecule has 2 N–H and O–H groups in total. The van der Waals surface area contributed by atoms with E-state index in [0.717, 1.165) is 0 Å². The number of carbonyl (C=O) groups is 1. The molecule has 0 fully saturated rings. The van der Waals surface area contributed by atoms with Crippen LogP contribution >= 0.6 is 15.9 Å². The number of nitrogens with one attached hydrogen (secondary N) is 2. The van der Waals surface area contributed by atoms with Gasteiger partial charge in [0.2, 0.25) is 0 Å². The van der Waals surface area contributed by atoms with Crippen LogP contribution in [0, 0.1) is 10.1 Å². The van der Waals surface area contributed by atoms with Crippen molar-refractivity contribution in [3.05, 3.63) is 50.5 Å². The number of amides is 1. The van der Waals surface area contributed by atoms with E-state index in [1.807, 2.05) is 0 Å². The van der Waals surface area contributed by atoms with Crippen LogP contribution in [0.2, 0.25) is 0 Å². The second kappa shape index (κ2) is 6.24. The molecule has 1 aromatic heterocycles. The average molecular weight is 340 g/mol. The Kier molecular flexibility index (Phi) is 4.41. The number of nitro groups is 1. The Morgan fingerprint density at radius 3 is 2.90 bits per heavy atom. The zero-order chi connectivity index (χ0) is 14.5. The molecule has 0 unspecified atom stereocenters. The Morgan fingerprint density at radius 2 is 2.25 bits per heavy atom. The van der Waals surface area contributed by atoms with Gasteiger partial charge >= 0.3 is 0 Å². The number of halogens is 1. The van der Waals surface area contributed by atoms with E-state index >= 15 is 0 Å². The third-order valence-corrected chi connectivity index (χ3v) is 2.93. The summed E-state index contributed by atoms with van der Waals surface area (Å²) in [4.78, 5) is 26.0. The van der Waals surface area contributed by atoms with E-state index < -0.39 is 4.92 Å². The molecular weight excluding hydrogens is 330 g/mol. The molecule has 0 aliphatic heterocycles. The monoisotopic (exact) mass is 339 g/mol. The van der Waals surface area contributed by atoms with Gasteiger partial charge in [-0.3, -0.25) is 20.0 Å². The molecule has 0 bridgehead atoms. The van der Waals surface area contributed by atoms with Gasteiger partial charge in [-0.1, -0.05) is 15.9 Å². The van der Waals surface area contributed by atoms with Gasteiger partial charge in [-0.2, -0.15) is 5.10 Å². The molecular formula is C11H10BrN5O3. The predicted octanol–water partition coefficient (Wildman–Crippen LogP) is 1.45.